The first-order valence-corrected chi connectivity index (χ1v) is 9.58. The Labute approximate surface area is 151 Å². The lowest BCUT2D eigenvalue weighted by atomic mass is 9.89. The molecule has 2 aliphatic rings. The summed E-state index contributed by atoms with van der Waals surface area (Å²) in [6.45, 7) is 5.88. The molecule has 5 nitrogen and oxygen atoms in total. The van der Waals surface area contributed by atoms with E-state index in [4.69, 9.17) is 0 Å². The molecule has 2 N–H and O–H groups in total. The lowest BCUT2D eigenvalue weighted by Gasteiger charge is -2.37. The van der Waals surface area contributed by atoms with Crippen molar-refractivity contribution < 1.29 is 4.79 Å². The predicted molar refractivity (Wildman–Crippen MR) is 102 cm³/mol. The minimum Gasteiger partial charge on any atom is -0.337 e. The topological polar surface area (TPSA) is 47.6 Å². The van der Waals surface area contributed by atoms with E-state index in [-0.39, 0.29) is 12.1 Å². The Kier molecular flexibility index (Phi) is 5.97. The molecular formula is C20H32N4O. The van der Waals surface area contributed by atoms with Gasteiger partial charge < -0.3 is 15.5 Å². The van der Waals surface area contributed by atoms with E-state index in [2.05, 4.69) is 59.7 Å². The quantitative estimate of drug-likeness (QED) is 0.880. The second-order valence-electron chi connectivity index (χ2n) is 7.71. The zero-order valence-electron chi connectivity index (χ0n) is 15.8. The highest BCUT2D eigenvalue weighted by atomic mass is 16.2. The summed E-state index contributed by atoms with van der Waals surface area (Å²) in [4.78, 5) is 16.9. The van der Waals surface area contributed by atoms with Crippen LogP contribution in [0.1, 0.15) is 42.5 Å². The fraction of sp³-hybridized carbons (Fsp3) is 0.650. The van der Waals surface area contributed by atoms with Crippen molar-refractivity contribution in [1.29, 1.82) is 0 Å². The highest BCUT2D eigenvalue weighted by Gasteiger charge is 2.22. The number of likely N-dealkylation sites (N-methyl/N-ethyl adjacent to an activating group) is 2. The first kappa shape index (κ1) is 18.2. The lowest BCUT2D eigenvalue weighted by molar-refractivity contribution is 0.114. The van der Waals surface area contributed by atoms with Gasteiger partial charge in [-0.25, -0.2) is 4.79 Å². The third kappa shape index (κ3) is 4.73. The zero-order valence-corrected chi connectivity index (χ0v) is 15.8. The van der Waals surface area contributed by atoms with E-state index < -0.39 is 0 Å². The molecule has 5 heteroatoms. The summed E-state index contributed by atoms with van der Waals surface area (Å²) in [5.41, 5.74) is 4.14. The summed E-state index contributed by atoms with van der Waals surface area (Å²) >= 11 is 0. The summed E-state index contributed by atoms with van der Waals surface area (Å²) in [6.07, 6.45) is 4.94. The fourth-order valence-electron chi connectivity index (χ4n) is 3.89. The van der Waals surface area contributed by atoms with E-state index in [0.29, 0.717) is 12.6 Å². The Morgan fingerprint density at radius 3 is 2.76 bits per heavy atom. The van der Waals surface area contributed by atoms with Gasteiger partial charge in [0.15, 0.2) is 0 Å². The molecule has 138 valence electrons. The van der Waals surface area contributed by atoms with E-state index in [1.165, 1.54) is 42.4 Å². The zero-order chi connectivity index (χ0) is 17.8. The van der Waals surface area contributed by atoms with Gasteiger partial charge in [0.05, 0.1) is 6.04 Å². The van der Waals surface area contributed by atoms with Crippen molar-refractivity contribution in [2.75, 3.05) is 40.3 Å². The van der Waals surface area contributed by atoms with Crippen molar-refractivity contribution in [3.63, 3.8) is 0 Å². The van der Waals surface area contributed by atoms with Gasteiger partial charge in [-0.15, -0.1) is 0 Å². The van der Waals surface area contributed by atoms with Gasteiger partial charge in [-0.2, -0.15) is 0 Å². The number of nitrogens with one attached hydrogen (secondary N) is 2. The molecule has 0 spiro atoms. The molecule has 2 atom stereocenters. The largest absolute Gasteiger partial charge is 0.337 e. The van der Waals surface area contributed by atoms with Crippen LogP contribution in [0.4, 0.5) is 4.79 Å². The molecule has 2 amide bonds. The van der Waals surface area contributed by atoms with Crippen LogP contribution in [-0.2, 0) is 12.8 Å². The molecule has 0 radical (unpaired) electrons. The third-order valence-corrected chi connectivity index (χ3v) is 5.70. The first-order chi connectivity index (χ1) is 12.0. The lowest BCUT2D eigenvalue weighted by Crippen LogP contribution is -2.55. The van der Waals surface area contributed by atoms with Crippen LogP contribution >= 0.6 is 0 Å². The Hall–Kier alpha value is -1.59. The molecule has 1 aliphatic carbocycles. The molecule has 0 saturated carbocycles. The molecule has 1 aliphatic heterocycles. The molecule has 3 rings (SSSR count). The molecule has 1 saturated heterocycles. The van der Waals surface area contributed by atoms with Crippen molar-refractivity contribution in [2.45, 2.75) is 44.7 Å². The summed E-state index contributed by atoms with van der Waals surface area (Å²) in [5.74, 6) is 0. The maximum absolute atomic E-state index is 12.3. The van der Waals surface area contributed by atoms with Gasteiger partial charge in [0.2, 0.25) is 0 Å². The number of piperazine rings is 1. The van der Waals surface area contributed by atoms with Crippen molar-refractivity contribution >= 4 is 6.03 Å². The number of amides is 2. The second-order valence-corrected chi connectivity index (χ2v) is 7.71. The van der Waals surface area contributed by atoms with Gasteiger partial charge in [-0.3, -0.25) is 4.90 Å². The number of carbonyl (C=O) groups is 1. The molecule has 0 bridgehead atoms. The van der Waals surface area contributed by atoms with Crippen LogP contribution in [0, 0.1) is 0 Å². The minimum absolute atomic E-state index is 0.0268. The maximum Gasteiger partial charge on any atom is 0.315 e. The van der Waals surface area contributed by atoms with Crippen molar-refractivity contribution in [3.8, 4) is 0 Å². The van der Waals surface area contributed by atoms with Gasteiger partial charge >= 0.3 is 6.03 Å². The van der Waals surface area contributed by atoms with Crippen LogP contribution < -0.4 is 10.6 Å². The normalized spacial score (nSPS) is 22.9. The van der Waals surface area contributed by atoms with Crippen molar-refractivity contribution in [1.82, 2.24) is 20.4 Å². The molecular weight excluding hydrogens is 312 g/mol. The van der Waals surface area contributed by atoms with Crippen LogP contribution in [0.3, 0.4) is 0 Å². The summed E-state index contributed by atoms with van der Waals surface area (Å²) in [6, 6.07) is 7.02. The predicted octanol–water partition coefficient (Wildman–Crippen LogP) is 2.17. The van der Waals surface area contributed by atoms with Crippen LogP contribution in [0.5, 0.6) is 0 Å². The molecule has 0 aromatic heterocycles. The van der Waals surface area contributed by atoms with Crippen LogP contribution in [0.15, 0.2) is 18.2 Å². The highest BCUT2D eigenvalue weighted by Crippen LogP contribution is 2.24. The minimum atomic E-state index is -0.0770. The number of hydrogen-bond acceptors (Lipinski definition) is 3. The van der Waals surface area contributed by atoms with E-state index in [1.807, 2.05) is 0 Å². The number of rotatable bonds is 4. The number of benzene rings is 1. The third-order valence-electron chi connectivity index (χ3n) is 5.70. The van der Waals surface area contributed by atoms with Crippen molar-refractivity contribution in [3.05, 3.63) is 34.9 Å². The van der Waals surface area contributed by atoms with E-state index in [1.54, 1.807) is 0 Å². The van der Waals surface area contributed by atoms with Crippen LogP contribution in [-0.4, -0.2) is 62.1 Å². The monoisotopic (exact) mass is 344 g/mol. The first-order valence-electron chi connectivity index (χ1n) is 9.58. The van der Waals surface area contributed by atoms with E-state index >= 15 is 0 Å². The van der Waals surface area contributed by atoms with Gasteiger partial charge in [-0.1, -0.05) is 18.2 Å². The Morgan fingerprint density at radius 2 is 1.96 bits per heavy atom. The summed E-state index contributed by atoms with van der Waals surface area (Å²) < 4.78 is 0. The number of urea groups is 1. The van der Waals surface area contributed by atoms with Gasteiger partial charge in [0.1, 0.15) is 0 Å². The Morgan fingerprint density at radius 1 is 1.20 bits per heavy atom. The van der Waals surface area contributed by atoms with E-state index in [0.717, 1.165) is 19.6 Å². The van der Waals surface area contributed by atoms with Crippen LogP contribution in [0.25, 0.3) is 0 Å². The summed E-state index contributed by atoms with van der Waals surface area (Å²) in [5, 5.41) is 6.13. The molecule has 1 heterocycles. The number of carbonyl (C=O) groups excluding carboxylic acids is 1. The van der Waals surface area contributed by atoms with Crippen LogP contribution in [0.2, 0.25) is 0 Å². The van der Waals surface area contributed by atoms with E-state index in [9.17, 15) is 4.79 Å². The Balaban J connectivity index is 1.50. The standard InChI is InChI=1S/C20H32N4O/c1-15(17-9-8-16-6-4-5-7-18(16)12-17)22-20(25)21-13-19-14-23(2)10-11-24(19)3/h8-9,12,15,19H,4-7,10-11,13-14H2,1-3H3,(H2,21,22,25)/t15-,19-/m1/s1. The second kappa shape index (κ2) is 8.19. The van der Waals surface area contributed by atoms with Gasteiger partial charge in [-0.05, 0) is 63.4 Å². The average molecular weight is 345 g/mol. The van der Waals surface area contributed by atoms with Crippen molar-refractivity contribution in [2.24, 2.45) is 0 Å². The fourth-order valence-corrected chi connectivity index (χ4v) is 3.89. The number of fused-ring (bicyclic) bond motifs is 1. The average Bonchev–Trinajstić information content (AvgIpc) is 2.62. The molecule has 1 fully saturated rings. The maximum atomic E-state index is 12.3. The number of hydrogen-bond donors (Lipinski definition) is 2. The SMILES string of the molecule is C[C@@H](NC(=O)NC[C@@H]1CN(C)CCN1C)c1ccc2c(c1)CCCC2. The highest BCUT2D eigenvalue weighted by molar-refractivity contribution is 5.74. The Bertz CT molecular complexity index is 603. The molecule has 25 heavy (non-hydrogen) atoms. The molecule has 0 unspecified atom stereocenters. The smallest absolute Gasteiger partial charge is 0.315 e. The van der Waals surface area contributed by atoms with Gasteiger partial charge in [0.25, 0.3) is 0 Å². The number of nitrogens with zero attached hydrogens (tertiary/aromatic N) is 2. The molecule has 1 aromatic carbocycles. The number of aryl methyl sites for hydroxylation is 2. The molecule has 1 aromatic rings. The van der Waals surface area contributed by atoms with Gasteiger partial charge in [0, 0.05) is 32.2 Å². The summed E-state index contributed by atoms with van der Waals surface area (Å²) in [7, 11) is 4.27.